The first-order valence-electron chi connectivity index (χ1n) is 9.49. The summed E-state index contributed by atoms with van der Waals surface area (Å²) in [5.41, 5.74) is 1.13. The van der Waals surface area contributed by atoms with Crippen molar-refractivity contribution in [3.63, 3.8) is 0 Å². The molecule has 2 atom stereocenters. The quantitative estimate of drug-likeness (QED) is 0.412. The molecule has 3 rings (SSSR count). The van der Waals surface area contributed by atoms with Gasteiger partial charge < -0.3 is 0 Å². The Kier molecular flexibility index (Phi) is 7.79. The fourth-order valence-corrected chi connectivity index (χ4v) is 4.29. The van der Waals surface area contributed by atoms with Gasteiger partial charge in [-0.25, -0.2) is 0 Å². The van der Waals surface area contributed by atoms with E-state index in [1.807, 2.05) is 6.07 Å². The summed E-state index contributed by atoms with van der Waals surface area (Å²) in [6.07, 6.45) is 0.798. The van der Waals surface area contributed by atoms with Crippen molar-refractivity contribution in [1.82, 2.24) is 4.90 Å². The molecule has 0 saturated carbocycles. The Hall–Kier alpha value is -1.31. The molecule has 0 radical (unpaired) electrons. The van der Waals surface area contributed by atoms with E-state index in [0.29, 0.717) is 6.61 Å². The maximum atomic E-state index is 6.55. The second kappa shape index (κ2) is 10.3. The van der Waals surface area contributed by atoms with Crippen molar-refractivity contribution < 1.29 is 35.4 Å². The summed E-state index contributed by atoms with van der Waals surface area (Å²) < 4.78 is 20.0. The van der Waals surface area contributed by atoms with E-state index in [4.69, 9.17) is 14.2 Å². The van der Waals surface area contributed by atoms with Crippen LogP contribution in [0.25, 0.3) is 0 Å². The molecule has 0 amide bonds. The Balaban J connectivity index is 1.89. The van der Waals surface area contributed by atoms with Crippen LogP contribution in [-0.2, 0) is 4.74 Å². The Morgan fingerprint density at radius 3 is 2.70 bits per heavy atom. The summed E-state index contributed by atoms with van der Waals surface area (Å²) in [7, 11) is 2.13. The number of halogens is 1. The van der Waals surface area contributed by atoms with E-state index in [9.17, 15) is 0 Å². The van der Waals surface area contributed by atoms with Gasteiger partial charge in [-0.05, 0) is 0 Å². The monoisotopic (exact) mass is 482 g/mol. The molecule has 0 bridgehead atoms. The van der Waals surface area contributed by atoms with Crippen LogP contribution in [0.15, 0.2) is 48.5 Å². The predicted octanol–water partition coefficient (Wildman–Crippen LogP) is 0.815. The van der Waals surface area contributed by atoms with Crippen molar-refractivity contribution in [3.05, 3.63) is 57.7 Å². The summed E-state index contributed by atoms with van der Waals surface area (Å²) in [6.45, 7) is 5.35. The topological polar surface area (TPSA) is 30.9 Å². The number of ether oxygens (including phenoxy) is 3. The third-order valence-corrected chi connectivity index (χ3v) is 6.52. The maximum absolute atomic E-state index is 6.55. The van der Waals surface area contributed by atoms with Gasteiger partial charge in [0.05, 0.1) is 0 Å². The molecule has 0 aliphatic carbocycles. The fourth-order valence-electron chi connectivity index (χ4n) is 3.15. The summed E-state index contributed by atoms with van der Waals surface area (Å²) in [6, 6.07) is 16.7. The Morgan fingerprint density at radius 2 is 2.00 bits per heavy atom. The molecule has 1 aliphatic heterocycles. The fraction of sp³-hybridized carbons (Fsp3) is 0.455. The van der Waals surface area contributed by atoms with Crippen LogP contribution in [0.5, 0.6) is 11.5 Å². The van der Waals surface area contributed by atoms with Gasteiger partial charge >= 0.3 is 173 Å². The van der Waals surface area contributed by atoms with Crippen LogP contribution in [0, 0.1) is 3.57 Å². The molecule has 1 saturated heterocycles. The SMILES string of the molecule is CCCOc1cc([I-]C)ccc1OC(c1ccccc1)C1CN(C)CCO1. The number of nitrogens with zero attached hydrogens (tertiary/aromatic N) is 1. The van der Waals surface area contributed by atoms with E-state index in [1.54, 1.807) is 0 Å². The van der Waals surface area contributed by atoms with Gasteiger partial charge in [0.1, 0.15) is 0 Å². The molecular weight excluding hydrogens is 453 g/mol. The first-order valence-corrected chi connectivity index (χ1v) is 12.7. The van der Waals surface area contributed by atoms with Crippen LogP contribution in [-0.4, -0.2) is 49.3 Å². The van der Waals surface area contributed by atoms with Crippen LogP contribution in [0.4, 0.5) is 0 Å². The van der Waals surface area contributed by atoms with E-state index < -0.39 is 0 Å². The average molecular weight is 482 g/mol. The zero-order chi connectivity index (χ0) is 19.1. The number of hydrogen-bond donors (Lipinski definition) is 0. The molecule has 2 aromatic rings. The minimum absolute atomic E-state index is 0.0107. The number of alkyl halides is 1. The molecule has 0 aromatic heterocycles. The molecular formula is C22H29INO3-. The van der Waals surface area contributed by atoms with E-state index in [2.05, 4.69) is 66.3 Å². The third kappa shape index (κ3) is 5.59. The predicted molar refractivity (Wildman–Crippen MR) is 104 cm³/mol. The standard InChI is InChI=1S/C22H29INO3/c1-4-13-25-20-15-18(23-2)10-11-19(20)27-22(17-8-6-5-7-9-17)21-16-24(3)12-14-26-21/h5-11,15,21-22H,4,12-14,16H2,1-3H3/q-1. The molecule has 2 unspecified atom stereocenters. The van der Waals surface area contributed by atoms with Gasteiger partial charge in [0.25, 0.3) is 0 Å². The Morgan fingerprint density at radius 1 is 1.19 bits per heavy atom. The van der Waals surface area contributed by atoms with Gasteiger partial charge in [0.15, 0.2) is 0 Å². The van der Waals surface area contributed by atoms with Gasteiger partial charge in [-0.15, -0.1) is 0 Å². The van der Waals surface area contributed by atoms with Gasteiger partial charge in [0, 0.05) is 0 Å². The zero-order valence-electron chi connectivity index (χ0n) is 16.4. The first kappa shape index (κ1) is 20.4. The zero-order valence-corrected chi connectivity index (χ0v) is 18.5. The van der Waals surface area contributed by atoms with Gasteiger partial charge in [-0.2, -0.15) is 0 Å². The first-order chi connectivity index (χ1) is 13.2. The number of hydrogen-bond acceptors (Lipinski definition) is 4. The van der Waals surface area contributed by atoms with E-state index in [0.717, 1.165) is 43.2 Å². The van der Waals surface area contributed by atoms with E-state index in [1.165, 1.54) is 3.57 Å². The Labute approximate surface area is 173 Å². The van der Waals surface area contributed by atoms with Crippen LogP contribution in [0.2, 0.25) is 0 Å². The normalized spacial score (nSPS) is 19.0. The molecule has 148 valence electrons. The summed E-state index contributed by atoms with van der Waals surface area (Å²) in [4.78, 5) is 4.56. The number of likely N-dealkylation sites (N-methyl/N-ethyl adjacent to an activating group) is 1. The average Bonchev–Trinajstić information content (AvgIpc) is 2.71. The molecule has 2 aromatic carbocycles. The van der Waals surface area contributed by atoms with Crippen molar-refractivity contribution >= 4 is 0 Å². The second-order valence-electron chi connectivity index (χ2n) is 6.75. The molecule has 0 spiro atoms. The van der Waals surface area contributed by atoms with Crippen molar-refractivity contribution in [3.8, 4) is 11.5 Å². The van der Waals surface area contributed by atoms with Crippen molar-refractivity contribution in [2.45, 2.75) is 25.6 Å². The molecule has 0 N–H and O–H groups in total. The summed E-state index contributed by atoms with van der Waals surface area (Å²) in [5.74, 6) is 1.65. The second-order valence-corrected chi connectivity index (χ2v) is 9.07. The molecule has 1 aliphatic rings. The van der Waals surface area contributed by atoms with E-state index >= 15 is 0 Å². The number of morpholine rings is 1. The van der Waals surface area contributed by atoms with Crippen LogP contribution in [0.3, 0.4) is 0 Å². The van der Waals surface area contributed by atoms with Crippen molar-refractivity contribution in [2.75, 3.05) is 38.3 Å². The van der Waals surface area contributed by atoms with Gasteiger partial charge in [-0.3, -0.25) is 0 Å². The minimum atomic E-state index is -0.167. The van der Waals surface area contributed by atoms with Crippen molar-refractivity contribution in [1.29, 1.82) is 0 Å². The van der Waals surface area contributed by atoms with Crippen LogP contribution >= 0.6 is 0 Å². The summed E-state index contributed by atoms with van der Waals surface area (Å²) >= 11 is 0.0124. The summed E-state index contributed by atoms with van der Waals surface area (Å²) in [5, 5.41) is 0. The van der Waals surface area contributed by atoms with Crippen molar-refractivity contribution in [2.24, 2.45) is 0 Å². The molecule has 5 heteroatoms. The van der Waals surface area contributed by atoms with Crippen LogP contribution < -0.4 is 30.7 Å². The Bertz CT molecular complexity index is 710. The van der Waals surface area contributed by atoms with Gasteiger partial charge in [0.2, 0.25) is 0 Å². The molecule has 27 heavy (non-hydrogen) atoms. The van der Waals surface area contributed by atoms with Crippen LogP contribution in [0.1, 0.15) is 25.0 Å². The molecule has 1 heterocycles. The number of rotatable bonds is 8. The molecule has 4 nitrogen and oxygen atoms in total. The third-order valence-electron chi connectivity index (χ3n) is 4.60. The van der Waals surface area contributed by atoms with Gasteiger partial charge in [-0.1, -0.05) is 0 Å². The number of benzene rings is 2. The molecule has 1 fully saturated rings. The van der Waals surface area contributed by atoms with E-state index in [-0.39, 0.29) is 33.4 Å².